The quantitative estimate of drug-likeness (QED) is 0.404. The standard InChI is InChI=1S/C26H21ClN2O5/c1-16-6-8-17(9-7-16)15-34-23-14-21(33-2)11-10-18(23)12-22-24(30)28-26(32)29(25(22)31)20-5-3-4-19(27)13-20/h3-14H,15H2,1-2H3,(H,28,30,32)/b22-12+. The predicted octanol–water partition coefficient (Wildman–Crippen LogP) is 4.90. The zero-order valence-electron chi connectivity index (χ0n) is 18.5. The second-order valence-corrected chi connectivity index (χ2v) is 8.05. The number of aryl methyl sites for hydroxylation is 1. The van der Waals surface area contributed by atoms with Crippen LogP contribution in [0.4, 0.5) is 10.5 Å². The van der Waals surface area contributed by atoms with Crippen LogP contribution >= 0.6 is 11.6 Å². The van der Waals surface area contributed by atoms with Crippen LogP contribution in [0.15, 0.2) is 72.3 Å². The van der Waals surface area contributed by atoms with Crippen molar-refractivity contribution in [2.45, 2.75) is 13.5 Å². The summed E-state index contributed by atoms with van der Waals surface area (Å²) in [5.74, 6) is -0.597. The van der Waals surface area contributed by atoms with Gasteiger partial charge in [0, 0.05) is 16.7 Å². The van der Waals surface area contributed by atoms with E-state index in [2.05, 4.69) is 5.32 Å². The average Bonchev–Trinajstić information content (AvgIpc) is 2.81. The first-order valence-electron chi connectivity index (χ1n) is 10.4. The number of rotatable bonds is 6. The molecule has 1 saturated heterocycles. The third-order valence-corrected chi connectivity index (χ3v) is 5.44. The van der Waals surface area contributed by atoms with Crippen LogP contribution in [0.1, 0.15) is 16.7 Å². The van der Waals surface area contributed by atoms with Gasteiger partial charge in [0.25, 0.3) is 11.8 Å². The molecule has 8 heteroatoms. The summed E-state index contributed by atoms with van der Waals surface area (Å²) in [5.41, 5.74) is 2.60. The van der Waals surface area contributed by atoms with Crippen LogP contribution < -0.4 is 19.7 Å². The molecule has 0 bridgehead atoms. The lowest BCUT2D eigenvalue weighted by Crippen LogP contribution is -2.54. The molecule has 7 nitrogen and oxygen atoms in total. The molecule has 0 aromatic heterocycles. The van der Waals surface area contributed by atoms with E-state index in [0.717, 1.165) is 16.0 Å². The van der Waals surface area contributed by atoms with E-state index in [9.17, 15) is 14.4 Å². The Bertz CT molecular complexity index is 1300. The van der Waals surface area contributed by atoms with E-state index in [1.807, 2.05) is 31.2 Å². The van der Waals surface area contributed by atoms with Crippen molar-refractivity contribution in [3.8, 4) is 11.5 Å². The van der Waals surface area contributed by atoms with Gasteiger partial charge in [0.1, 0.15) is 23.7 Å². The van der Waals surface area contributed by atoms with Gasteiger partial charge in [-0.25, -0.2) is 9.69 Å². The Morgan fingerprint density at radius 1 is 1.00 bits per heavy atom. The Kier molecular flexibility index (Phi) is 6.65. The minimum atomic E-state index is -0.847. The van der Waals surface area contributed by atoms with Gasteiger partial charge in [-0.3, -0.25) is 14.9 Å². The molecule has 1 aliphatic rings. The molecule has 0 radical (unpaired) electrons. The lowest BCUT2D eigenvalue weighted by atomic mass is 10.1. The van der Waals surface area contributed by atoms with Crippen LogP contribution in [0, 0.1) is 6.92 Å². The minimum Gasteiger partial charge on any atom is -0.497 e. The second kappa shape index (κ2) is 9.80. The fourth-order valence-electron chi connectivity index (χ4n) is 3.39. The molecule has 0 atom stereocenters. The van der Waals surface area contributed by atoms with E-state index in [0.29, 0.717) is 22.1 Å². The normalized spacial score (nSPS) is 14.9. The molecule has 0 unspecified atom stereocenters. The largest absolute Gasteiger partial charge is 0.497 e. The summed E-state index contributed by atoms with van der Waals surface area (Å²) in [6, 6.07) is 18.3. The number of carbonyl (C=O) groups excluding carboxylic acids is 3. The fraction of sp³-hybridized carbons (Fsp3) is 0.115. The van der Waals surface area contributed by atoms with Gasteiger partial charge < -0.3 is 9.47 Å². The number of benzene rings is 3. The van der Waals surface area contributed by atoms with Crippen LogP contribution in [0.3, 0.4) is 0 Å². The summed E-state index contributed by atoms with van der Waals surface area (Å²) in [5, 5.41) is 2.55. The van der Waals surface area contributed by atoms with Gasteiger partial charge in [0.05, 0.1) is 12.8 Å². The Hall–Kier alpha value is -4.10. The van der Waals surface area contributed by atoms with Gasteiger partial charge in [0.2, 0.25) is 0 Å². The van der Waals surface area contributed by atoms with Crippen LogP contribution in [-0.4, -0.2) is 25.0 Å². The smallest absolute Gasteiger partial charge is 0.335 e. The topological polar surface area (TPSA) is 84.9 Å². The van der Waals surface area contributed by atoms with Gasteiger partial charge in [-0.15, -0.1) is 0 Å². The van der Waals surface area contributed by atoms with E-state index in [1.165, 1.54) is 19.3 Å². The molecular formula is C26H21ClN2O5. The van der Waals surface area contributed by atoms with Crippen molar-refractivity contribution >= 4 is 41.2 Å². The Morgan fingerprint density at radius 3 is 2.47 bits per heavy atom. The van der Waals surface area contributed by atoms with E-state index in [4.69, 9.17) is 21.1 Å². The zero-order chi connectivity index (χ0) is 24.2. The summed E-state index contributed by atoms with van der Waals surface area (Å²) in [7, 11) is 1.53. The molecule has 3 aromatic carbocycles. The monoisotopic (exact) mass is 476 g/mol. The number of nitrogens with one attached hydrogen (secondary N) is 1. The Balaban J connectivity index is 1.68. The molecule has 3 aromatic rings. The maximum atomic E-state index is 13.2. The summed E-state index contributed by atoms with van der Waals surface area (Å²) in [6.07, 6.45) is 1.39. The lowest BCUT2D eigenvalue weighted by molar-refractivity contribution is -0.122. The van der Waals surface area contributed by atoms with E-state index >= 15 is 0 Å². The van der Waals surface area contributed by atoms with Crippen molar-refractivity contribution in [1.82, 2.24) is 5.32 Å². The minimum absolute atomic E-state index is 0.218. The first-order valence-corrected chi connectivity index (χ1v) is 10.8. The molecule has 0 saturated carbocycles. The van der Waals surface area contributed by atoms with E-state index < -0.39 is 17.8 Å². The van der Waals surface area contributed by atoms with E-state index in [-0.39, 0.29) is 17.9 Å². The van der Waals surface area contributed by atoms with Crippen molar-refractivity contribution in [1.29, 1.82) is 0 Å². The number of anilines is 1. The van der Waals surface area contributed by atoms with Crippen molar-refractivity contribution in [3.05, 3.63) is 94.0 Å². The maximum absolute atomic E-state index is 13.2. The summed E-state index contributed by atoms with van der Waals surface area (Å²) < 4.78 is 11.3. The highest BCUT2D eigenvalue weighted by Crippen LogP contribution is 2.30. The zero-order valence-corrected chi connectivity index (χ0v) is 19.3. The molecule has 0 spiro atoms. The van der Waals surface area contributed by atoms with Crippen molar-refractivity contribution in [2.75, 3.05) is 12.0 Å². The number of barbiturate groups is 1. The molecule has 0 aliphatic carbocycles. The predicted molar refractivity (Wildman–Crippen MR) is 129 cm³/mol. The summed E-state index contributed by atoms with van der Waals surface area (Å²) >= 11 is 6.02. The molecule has 34 heavy (non-hydrogen) atoms. The number of ether oxygens (including phenoxy) is 2. The van der Waals surface area contributed by atoms with E-state index in [1.54, 1.807) is 36.4 Å². The SMILES string of the molecule is COc1ccc(/C=C2\C(=O)NC(=O)N(c3cccc(Cl)c3)C2=O)c(OCc2ccc(C)cc2)c1. The molecule has 1 N–H and O–H groups in total. The van der Waals surface area contributed by atoms with Crippen molar-refractivity contribution in [3.63, 3.8) is 0 Å². The summed E-state index contributed by atoms with van der Waals surface area (Å²) in [6.45, 7) is 2.28. The highest BCUT2D eigenvalue weighted by Gasteiger charge is 2.37. The van der Waals surface area contributed by atoms with Gasteiger partial charge in [-0.05, 0) is 48.9 Å². The van der Waals surface area contributed by atoms with Crippen LogP contribution in [0.25, 0.3) is 6.08 Å². The number of urea groups is 1. The summed E-state index contributed by atoms with van der Waals surface area (Å²) in [4.78, 5) is 39.0. The van der Waals surface area contributed by atoms with Crippen LogP contribution in [-0.2, 0) is 16.2 Å². The number of hydrogen-bond donors (Lipinski definition) is 1. The van der Waals surface area contributed by atoms with Gasteiger partial charge >= 0.3 is 6.03 Å². The number of methoxy groups -OCH3 is 1. The highest BCUT2D eigenvalue weighted by molar-refractivity contribution is 6.39. The third kappa shape index (κ3) is 4.94. The first kappa shape index (κ1) is 23.1. The highest BCUT2D eigenvalue weighted by atomic mass is 35.5. The first-order chi connectivity index (χ1) is 16.4. The van der Waals surface area contributed by atoms with Gasteiger partial charge in [-0.2, -0.15) is 0 Å². The number of halogens is 1. The van der Waals surface area contributed by atoms with Crippen LogP contribution in [0.2, 0.25) is 5.02 Å². The maximum Gasteiger partial charge on any atom is 0.335 e. The molecule has 172 valence electrons. The third-order valence-electron chi connectivity index (χ3n) is 5.20. The van der Waals surface area contributed by atoms with Gasteiger partial charge in [-0.1, -0.05) is 47.5 Å². The number of imide groups is 2. The second-order valence-electron chi connectivity index (χ2n) is 7.62. The molecule has 1 fully saturated rings. The molecule has 1 heterocycles. The number of amides is 4. The molecule has 1 aliphatic heterocycles. The van der Waals surface area contributed by atoms with Crippen molar-refractivity contribution in [2.24, 2.45) is 0 Å². The Labute approximate surface area is 201 Å². The average molecular weight is 477 g/mol. The van der Waals surface area contributed by atoms with Gasteiger partial charge in [0.15, 0.2) is 0 Å². The number of carbonyl (C=O) groups is 3. The van der Waals surface area contributed by atoms with Crippen LogP contribution in [0.5, 0.6) is 11.5 Å². The fourth-order valence-corrected chi connectivity index (χ4v) is 3.58. The molecule has 4 amide bonds. The molecular weight excluding hydrogens is 456 g/mol. The number of nitrogens with zero attached hydrogens (tertiary/aromatic N) is 1. The lowest BCUT2D eigenvalue weighted by Gasteiger charge is -2.26. The Morgan fingerprint density at radius 2 is 1.76 bits per heavy atom. The molecule has 4 rings (SSSR count). The van der Waals surface area contributed by atoms with Crippen molar-refractivity contribution < 1.29 is 23.9 Å². The number of hydrogen-bond acceptors (Lipinski definition) is 5.